The summed E-state index contributed by atoms with van der Waals surface area (Å²) in [6.07, 6.45) is 24.9. The average Bonchev–Trinajstić information content (AvgIpc) is 0.657. The lowest BCUT2D eigenvalue weighted by molar-refractivity contribution is -0.336. The molecule has 0 aromatic rings. The third-order valence-electron chi connectivity index (χ3n) is 22.7. The lowest BCUT2D eigenvalue weighted by Gasteiger charge is -2.71. The normalized spacial score (nSPS) is 23.7. The van der Waals surface area contributed by atoms with Gasteiger partial charge in [-0.25, -0.2) is 0 Å². The maximum atomic E-state index is 17.1. The van der Waals surface area contributed by atoms with E-state index >= 15 is 14.4 Å². The average molecular weight is 1300 g/mol. The number of rotatable bonds is 43. The molecule has 4 aliphatic rings. The molecular formula is C76H142N4O12. The zero-order chi connectivity index (χ0) is 69.4. The van der Waals surface area contributed by atoms with E-state index in [9.17, 15) is 25.2 Å². The molecule has 0 bridgehead atoms. The molecular weight excluding hydrogens is 1160 g/mol. The van der Waals surface area contributed by atoms with E-state index in [4.69, 9.17) is 19.4 Å². The van der Waals surface area contributed by atoms with E-state index in [2.05, 4.69) is 83.1 Å². The Bertz CT molecular complexity index is 2150. The SMILES string of the molecule is CCCCCCCCON1C(C)(C)CC(C(CC(=O)O)(C(=O)O)C(C(=O)O)(C2CC(C)(C)N(OCCCCCCCC)C(C)(C)C2)C(C(=O)O)(C2CC(C)(C)N(OCCCCCCCC)C(C)(C)C2)C2CC(C)(C)N(OCCCCCCCC)C(C)(C)C2)CC1(C)C. The van der Waals surface area contributed by atoms with E-state index in [0.717, 1.165) is 128 Å². The summed E-state index contributed by atoms with van der Waals surface area (Å²) < 4.78 is 0. The summed E-state index contributed by atoms with van der Waals surface area (Å²) in [7, 11) is 0. The largest absolute Gasteiger partial charge is 0.481 e. The summed E-state index contributed by atoms with van der Waals surface area (Å²) in [5.74, 6) is -10.5. The van der Waals surface area contributed by atoms with Crippen molar-refractivity contribution in [2.75, 3.05) is 26.4 Å². The molecule has 0 radical (unpaired) electrons. The number of hydroxylamine groups is 8. The quantitative estimate of drug-likeness (QED) is 0.0420. The first-order valence-electron chi connectivity index (χ1n) is 37.4. The number of unbranched alkanes of at least 4 members (excludes halogenated alkanes) is 20. The maximum absolute atomic E-state index is 17.1. The molecule has 0 saturated carbocycles. The molecule has 0 aliphatic carbocycles. The Morgan fingerprint density at radius 2 is 0.533 bits per heavy atom. The van der Waals surface area contributed by atoms with Crippen LogP contribution in [0.4, 0.5) is 0 Å². The van der Waals surface area contributed by atoms with Crippen molar-refractivity contribution in [3.05, 3.63) is 0 Å². The van der Waals surface area contributed by atoms with Crippen molar-refractivity contribution in [1.29, 1.82) is 0 Å². The third-order valence-corrected chi connectivity index (χ3v) is 22.7. The predicted molar refractivity (Wildman–Crippen MR) is 371 cm³/mol. The molecule has 16 nitrogen and oxygen atoms in total. The second kappa shape index (κ2) is 34.4. The smallest absolute Gasteiger partial charge is 0.312 e. The van der Waals surface area contributed by atoms with Crippen molar-refractivity contribution in [2.45, 2.75) is 395 Å². The first kappa shape index (κ1) is 82.0. The van der Waals surface area contributed by atoms with Gasteiger partial charge in [-0.15, -0.1) is 0 Å². The number of nitrogens with zero attached hydrogens (tertiary/aromatic N) is 4. The molecule has 4 N–H and O–H groups in total. The number of hydrogen-bond acceptors (Lipinski definition) is 12. The van der Waals surface area contributed by atoms with Gasteiger partial charge in [0.25, 0.3) is 0 Å². The Hall–Kier alpha value is -2.44. The molecule has 4 aliphatic heterocycles. The highest BCUT2D eigenvalue weighted by Crippen LogP contribution is 2.75. The fraction of sp³-hybridized carbons (Fsp3) is 0.947. The van der Waals surface area contributed by atoms with E-state index in [1.807, 2.05) is 75.6 Å². The highest BCUT2D eigenvalue weighted by atomic mass is 16.7. The summed E-state index contributed by atoms with van der Waals surface area (Å²) >= 11 is 0. The van der Waals surface area contributed by atoms with Gasteiger partial charge in [0.15, 0.2) is 0 Å². The van der Waals surface area contributed by atoms with Crippen LogP contribution in [0.3, 0.4) is 0 Å². The number of piperidine rings is 4. The molecule has 2 atom stereocenters. The second-order valence-electron chi connectivity index (χ2n) is 34.6. The molecule has 0 amide bonds. The Kier molecular flexibility index (Phi) is 30.6. The highest BCUT2D eigenvalue weighted by Gasteiger charge is 2.84. The minimum atomic E-state index is -2.84. The van der Waals surface area contributed by atoms with E-state index in [1.54, 1.807) is 0 Å². The highest BCUT2D eigenvalue weighted by molar-refractivity contribution is 5.96. The minimum absolute atomic E-state index is 0.00982. The summed E-state index contributed by atoms with van der Waals surface area (Å²) in [5.41, 5.74) is -15.8. The van der Waals surface area contributed by atoms with Gasteiger partial charge in [-0.2, -0.15) is 20.3 Å². The van der Waals surface area contributed by atoms with Gasteiger partial charge in [0.2, 0.25) is 0 Å². The summed E-state index contributed by atoms with van der Waals surface area (Å²) in [6, 6.07) is 0. The topological polar surface area (TPSA) is 199 Å². The minimum Gasteiger partial charge on any atom is -0.481 e. The van der Waals surface area contributed by atoms with Crippen molar-refractivity contribution < 1.29 is 59.0 Å². The summed E-state index contributed by atoms with van der Waals surface area (Å²) in [6.45, 7) is 43.0. The Balaban J connectivity index is 2.24. The van der Waals surface area contributed by atoms with Gasteiger partial charge in [-0.3, -0.25) is 38.5 Å². The van der Waals surface area contributed by atoms with Gasteiger partial charge in [0.05, 0.1) is 43.7 Å². The van der Waals surface area contributed by atoms with Gasteiger partial charge >= 0.3 is 23.9 Å². The van der Waals surface area contributed by atoms with Crippen LogP contribution in [0.15, 0.2) is 0 Å². The maximum Gasteiger partial charge on any atom is 0.312 e. The van der Waals surface area contributed by atoms with Gasteiger partial charge in [-0.1, -0.05) is 156 Å². The van der Waals surface area contributed by atoms with Crippen LogP contribution < -0.4 is 0 Å². The lowest BCUT2D eigenvalue weighted by atomic mass is 9.32. The molecule has 4 rings (SSSR count). The number of carboxylic acids is 4. The Morgan fingerprint density at radius 3 is 0.739 bits per heavy atom. The number of hydrogen-bond donors (Lipinski definition) is 4. The first-order chi connectivity index (χ1) is 42.8. The van der Waals surface area contributed by atoms with E-state index in [-0.39, 0.29) is 51.4 Å². The fourth-order valence-corrected chi connectivity index (χ4v) is 20.3. The lowest BCUT2D eigenvalue weighted by Crippen LogP contribution is -2.79. The molecule has 16 heteroatoms. The van der Waals surface area contributed by atoms with Crippen LogP contribution >= 0.6 is 0 Å². The van der Waals surface area contributed by atoms with Crippen LogP contribution in [0.5, 0.6) is 0 Å². The van der Waals surface area contributed by atoms with Gasteiger partial charge in [0, 0.05) is 44.3 Å². The van der Waals surface area contributed by atoms with Crippen molar-refractivity contribution in [3.63, 3.8) is 0 Å². The zero-order valence-corrected chi connectivity index (χ0v) is 62.8. The Morgan fingerprint density at radius 1 is 0.315 bits per heavy atom. The van der Waals surface area contributed by atoms with E-state index in [0.29, 0.717) is 26.4 Å². The number of carboxylic acid groups (broad SMARTS) is 4. The van der Waals surface area contributed by atoms with Gasteiger partial charge in [-0.05, 0) is 212 Å². The van der Waals surface area contributed by atoms with Gasteiger partial charge in [0.1, 0.15) is 5.41 Å². The summed E-state index contributed by atoms with van der Waals surface area (Å²) in [4.78, 5) is 92.7. The Labute approximate surface area is 561 Å². The van der Waals surface area contributed by atoms with Crippen LogP contribution in [0.25, 0.3) is 0 Å². The van der Waals surface area contributed by atoms with Crippen LogP contribution in [0.1, 0.15) is 350 Å². The number of aliphatic carboxylic acids is 4. The van der Waals surface area contributed by atoms with Crippen molar-refractivity contribution in [2.24, 2.45) is 39.9 Å². The van der Waals surface area contributed by atoms with Crippen molar-refractivity contribution >= 4 is 23.9 Å². The standard InChI is InChI=1S/C76H142N4O12/c1-21-25-29-33-37-41-45-89-77-66(5,6)49-58(50-67(77,7)8)74(63(83)84,57-62(81)82)76(65(87)88,61-55-72(17,18)80(73(19,20)56-61)92-48-44-40-36-32-28-24-4)75(64(85)86,59-51-68(9,10)78(69(11,12)52-59)90-46-42-38-34-30-26-22-2)60-53-70(13,14)79(71(15,16)54-60)91-47-43-39-35-31-27-23-3/h58-61H,21-57H2,1-20H3,(H,81,82)(H,83,84)(H,85,86)(H,87,88). The van der Waals surface area contributed by atoms with Crippen molar-refractivity contribution in [1.82, 2.24) is 20.3 Å². The molecule has 0 spiro atoms. The molecule has 4 fully saturated rings. The first-order valence-corrected chi connectivity index (χ1v) is 37.4. The third kappa shape index (κ3) is 18.8. The molecule has 2 unspecified atom stereocenters. The van der Waals surface area contributed by atoms with Crippen molar-refractivity contribution in [3.8, 4) is 0 Å². The second-order valence-corrected chi connectivity index (χ2v) is 34.6. The monoisotopic (exact) mass is 1300 g/mol. The van der Waals surface area contributed by atoms with Crippen LogP contribution in [-0.4, -0.2) is 135 Å². The van der Waals surface area contributed by atoms with Crippen LogP contribution in [0.2, 0.25) is 0 Å². The van der Waals surface area contributed by atoms with Gasteiger partial charge < -0.3 is 20.4 Å². The predicted octanol–water partition coefficient (Wildman–Crippen LogP) is 18.9. The number of carbonyl (C=O) groups is 4. The molecule has 0 aromatic carbocycles. The summed E-state index contributed by atoms with van der Waals surface area (Å²) in [5, 5.41) is 60.9. The molecule has 92 heavy (non-hydrogen) atoms. The van der Waals surface area contributed by atoms with Crippen LogP contribution in [-0.2, 0) is 38.5 Å². The molecule has 4 saturated heterocycles. The van der Waals surface area contributed by atoms with E-state index < -0.39 is 115 Å². The molecule has 0 aromatic heterocycles. The zero-order valence-electron chi connectivity index (χ0n) is 62.8. The fourth-order valence-electron chi connectivity index (χ4n) is 20.3. The van der Waals surface area contributed by atoms with Crippen LogP contribution in [0, 0.1) is 39.9 Å². The molecule has 538 valence electrons. The molecule has 4 heterocycles. The van der Waals surface area contributed by atoms with E-state index in [1.165, 1.54) is 25.7 Å².